The molecule has 0 radical (unpaired) electrons. The summed E-state index contributed by atoms with van der Waals surface area (Å²) in [6, 6.07) is 4.17. The molecule has 0 bridgehead atoms. The van der Waals surface area contributed by atoms with Crippen LogP contribution in [-0.2, 0) is 11.3 Å². The van der Waals surface area contributed by atoms with E-state index in [1.54, 1.807) is 11.3 Å². The van der Waals surface area contributed by atoms with Gasteiger partial charge in [-0.3, -0.25) is 0 Å². The van der Waals surface area contributed by atoms with Gasteiger partial charge in [-0.15, -0.1) is 11.3 Å². The minimum atomic E-state index is -0.244. The summed E-state index contributed by atoms with van der Waals surface area (Å²) in [5.41, 5.74) is -0.244. The van der Waals surface area contributed by atoms with Crippen LogP contribution < -0.4 is 0 Å². The Morgan fingerprint density at radius 2 is 2.29 bits per heavy atom. The van der Waals surface area contributed by atoms with Crippen LogP contribution >= 0.6 is 11.3 Å². The predicted molar refractivity (Wildman–Crippen MR) is 60.5 cm³/mol. The van der Waals surface area contributed by atoms with E-state index in [1.807, 2.05) is 20.9 Å². The normalized spacial score (nSPS) is 12.0. The number of nitrogens with zero attached hydrogens (tertiary/aromatic N) is 1. The van der Waals surface area contributed by atoms with E-state index in [0.717, 1.165) is 19.4 Å². The Kier molecular flexibility index (Phi) is 3.84. The van der Waals surface area contributed by atoms with Gasteiger partial charge in [-0.1, -0.05) is 19.9 Å². The average molecular weight is 211 g/mol. The zero-order valence-corrected chi connectivity index (χ0v) is 9.80. The molecule has 2 nitrogen and oxygen atoms in total. The van der Waals surface area contributed by atoms with Crippen LogP contribution in [0.25, 0.3) is 0 Å². The molecule has 0 aliphatic heterocycles. The van der Waals surface area contributed by atoms with Crippen LogP contribution in [0.5, 0.6) is 0 Å². The van der Waals surface area contributed by atoms with Crippen molar-refractivity contribution in [2.75, 3.05) is 13.6 Å². The summed E-state index contributed by atoms with van der Waals surface area (Å²) < 4.78 is 0. The van der Waals surface area contributed by atoms with E-state index >= 15 is 0 Å². The van der Waals surface area contributed by atoms with Gasteiger partial charge in [0.2, 0.25) is 0 Å². The first kappa shape index (κ1) is 11.4. The van der Waals surface area contributed by atoms with Gasteiger partial charge in [0.05, 0.1) is 0 Å². The Morgan fingerprint density at radius 3 is 2.79 bits per heavy atom. The lowest BCUT2D eigenvalue weighted by Gasteiger charge is -2.24. The highest BCUT2D eigenvalue weighted by Crippen LogP contribution is 2.16. The summed E-state index contributed by atoms with van der Waals surface area (Å²) in [5.74, 6) is 0. The summed E-state index contributed by atoms with van der Waals surface area (Å²) in [6.45, 7) is 5.65. The van der Waals surface area contributed by atoms with E-state index in [9.17, 15) is 4.79 Å². The first-order valence-electron chi connectivity index (χ1n) is 4.71. The van der Waals surface area contributed by atoms with Crippen molar-refractivity contribution in [2.45, 2.75) is 20.4 Å². The topological polar surface area (TPSA) is 20.3 Å². The Morgan fingerprint density at radius 1 is 1.57 bits per heavy atom. The van der Waals surface area contributed by atoms with Gasteiger partial charge < -0.3 is 9.69 Å². The zero-order chi connectivity index (χ0) is 10.6. The molecular formula is C11H17NOS. The maximum atomic E-state index is 10.7. The second kappa shape index (κ2) is 4.71. The van der Waals surface area contributed by atoms with Gasteiger partial charge in [-0.05, 0) is 18.5 Å². The molecule has 0 aliphatic rings. The minimum absolute atomic E-state index is 0.244. The van der Waals surface area contributed by atoms with Gasteiger partial charge in [0.25, 0.3) is 0 Å². The van der Waals surface area contributed by atoms with Crippen LogP contribution in [-0.4, -0.2) is 24.8 Å². The van der Waals surface area contributed by atoms with Crippen molar-refractivity contribution in [3.63, 3.8) is 0 Å². The SMILES string of the molecule is CN(Cc1cccs1)CC(C)(C)C=O. The van der Waals surface area contributed by atoms with E-state index in [1.165, 1.54) is 4.88 Å². The second-order valence-electron chi connectivity index (χ2n) is 4.36. The third kappa shape index (κ3) is 3.60. The minimum Gasteiger partial charge on any atom is -0.303 e. The monoisotopic (exact) mass is 211 g/mol. The number of thiophene rings is 1. The molecule has 0 atom stereocenters. The van der Waals surface area contributed by atoms with E-state index < -0.39 is 0 Å². The Labute approximate surface area is 89.5 Å². The molecule has 1 aromatic heterocycles. The molecular weight excluding hydrogens is 194 g/mol. The van der Waals surface area contributed by atoms with Gasteiger partial charge in [-0.2, -0.15) is 0 Å². The number of hydrogen-bond acceptors (Lipinski definition) is 3. The molecule has 0 N–H and O–H groups in total. The Hall–Kier alpha value is -0.670. The molecule has 3 heteroatoms. The standard InChI is InChI=1S/C11H17NOS/c1-11(2,9-13)8-12(3)7-10-5-4-6-14-10/h4-6,9H,7-8H2,1-3H3. The smallest absolute Gasteiger partial charge is 0.126 e. The molecule has 0 unspecified atom stereocenters. The number of hydrogen-bond donors (Lipinski definition) is 0. The fourth-order valence-corrected chi connectivity index (χ4v) is 2.24. The van der Waals surface area contributed by atoms with Crippen molar-refractivity contribution in [3.8, 4) is 0 Å². The fourth-order valence-electron chi connectivity index (χ4n) is 1.46. The van der Waals surface area contributed by atoms with Gasteiger partial charge in [0.1, 0.15) is 6.29 Å². The van der Waals surface area contributed by atoms with Crippen LogP contribution in [0, 0.1) is 5.41 Å². The van der Waals surface area contributed by atoms with Crippen molar-refractivity contribution in [2.24, 2.45) is 5.41 Å². The maximum absolute atomic E-state index is 10.7. The zero-order valence-electron chi connectivity index (χ0n) is 8.99. The van der Waals surface area contributed by atoms with Crippen molar-refractivity contribution in [3.05, 3.63) is 22.4 Å². The van der Waals surface area contributed by atoms with Gasteiger partial charge in [0.15, 0.2) is 0 Å². The maximum Gasteiger partial charge on any atom is 0.126 e. The highest BCUT2D eigenvalue weighted by Gasteiger charge is 2.18. The predicted octanol–water partition coefficient (Wildman–Crippen LogP) is 2.41. The van der Waals surface area contributed by atoms with Crippen molar-refractivity contribution >= 4 is 17.6 Å². The summed E-state index contributed by atoms with van der Waals surface area (Å²) in [6.07, 6.45) is 1.03. The van der Waals surface area contributed by atoms with Crippen molar-refractivity contribution in [1.82, 2.24) is 4.90 Å². The molecule has 1 aromatic rings. The lowest BCUT2D eigenvalue weighted by atomic mass is 9.95. The summed E-state index contributed by atoms with van der Waals surface area (Å²) in [7, 11) is 2.05. The van der Waals surface area contributed by atoms with Gasteiger partial charge in [-0.25, -0.2) is 0 Å². The lowest BCUT2D eigenvalue weighted by molar-refractivity contribution is -0.115. The van der Waals surface area contributed by atoms with E-state index in [4.69, 9.17) is 0 Å². The third-order valence-corrected chi connectivity index (χ3v) is 2.86. The fraction of sp³-hybridized carbons (Fsp3) is 0.545. The molecule has 0 fully saturated rings. The number of rotatable bonds is 5. The van der Waals surface area contributed by atoms with Crippen LogP contribution in [0.4, 0.5) is 0 Å². The summed E-state index contributed by atoms with van der Waals surface area (Å²) >= 11 is 1.75. The molecule has 0 aromatic carbocycles. The highest BCUT2D eigenvalue weighted by atomic mass is 32.1. The molecule has 78 valence electrons. The highest BCUT2D eigenvalue weighted by molar-refractivity contribution is 7.09. The van der Waals surface area contributed by atoms with Crippen LogP contribution in [0.1, 0.15) is 18.7 Å². The Balaban J connectivity index is 2.43. The van der Waals surface area contributed by atoms with Gasteiger partial charge in [0, 0.05) is 23.4 Å². The largest absolute Gasteiger partial charge is 0.303 e. The average Bonchev–Trinajstić information content (AvgIpc) is 2.55. The molecule has 0 saturated carbocycles. The molecule has 0 spiro atoms. The molecule has 0 amide bonds. The van der Waals surface area contributed by atoms with Crippen LogP contribution in [0.3, 0.4) is 0 Å². The first-order chi connectivity index (χ1) is 6.53. The van der Waals surface area contributed by atoms with Crippen LogP contribution in [0.2, 0.25) is 0 Å². The van der Waals surface area contributed by atoms with Crippen LogP contribution in [0.15, 0.2) is 17.5 Å². The molecule has 1 rings (SSSR count). The van der Waals surface area contributed by atoms with Crippen molar-refractivity contribution in [1.29, 1.82) is 0 Å². The third-order valence-electron chi connectivity index (χ3n) is 2.00. The number of carbonyl (C=O) groups is 1. The lowest BCUT2D eigenvalue weighted by Crippen LogP contribution is -2.31. The van der Waals surface area contributed by atoms with Crippen molar-refractivity contribution < 1.29 is 4.79 Å². The summed E-state index contributed by atoms with van der Waals surface area (Å²) in [4.78, 5) is 14.3. The molecule has 14 heavy (non-hydrogen) atoms. The first-order valence-corrected chi connectivity index (χ1v) is 5.59. The van der Waals surface area contributed by atoms with E-state index in [0.29, 0.717) is 0 Å². The van der Waals surface area contributed by atoms with E-state index in [-0.39, 0.29) is 5.41 Å². The van der Waals surface area contributed by atoms with E-state index in [2.05, 4.69) is 22.4 Å². The summed E-state index contributed by atoms with van der Waals surface area (Å²) in [5, 5.41) is 2.08. The molecule has 0 aliphatic carbocycles. The van der Waals surface area contributed by atoms with Gasteiger partial charge >= 0.3 is 0 Å². The molecule has 1 heterocycles. The second-order valence-corrected chi connectivity index (χ2v) is 5.39. The molecule has 0 saturated heterocycles. The number of carbonyl (C=O) groups excluding carboxylic acids is 1. The number of aldehydes is 1. The Bertz CT molecular complexity index is 279. The quantitative estimate of drug-likeness (QED) is 0.697.